The van der Waals surface area contributed by atoms with Gasteiger partial charge in [0, 0.05) is 50.4 Å². The summed E-state index contributed by atoms with van der Waals surface area (Å²) in [6.07, 6.45) is 2.60. The van der Waals surface area contributed by atoms with Crippen LogP contribution in [-0.2, 0) is 32.6 Å². The Kier molecular flexibility index (Phi) is 5.34. The Morgan fingerprint density at radius 1 is 1.30 bits per heavy atom. The van der Waals surface area contributed by atoms with E-state index in [1.54, 1.807) is 13.2 Å². The largest absolute Gasteiger partial charge is 0.338 e. The van der Waals surface area contributed by atoms with E-state index in [-0.39, 0.29) is 22.7 Å². The van der Waals surface area contributed by atoms with Gasteiger partial charge in [0.15, 0.2) is 5.82 Å². The lowest BCUT2D eigenvalue weighted by Crippen LogP contribution is -2.42. The van der Waals surface area contributed by atoms with Crippen molar-refractivity contribution < 1.29 is 4.52 Å². The van der Waals surface area contributed by atoms with Crippen molar-refractivity contribution in [1.29, 1.82) is 0 Å². The third kappa shape index (κ3) is 4.19. The van der Waals surface area contributed by atoms with Crippen molar-refractivity contribution in [2.75, 3.05) is 13.1 Å². The zero-order valence-electron chi connectivity index (χ0n) is 16.7. The van der Waals surface area contributed by atoms with Gasteiger partial charge >= 0.3 is 5.69 Å². The number of nitrogens with one attached hydrogen (secondary N) is 1. The normalized spacial score (nSPS) is 17.8. The molecule has 3 rings (SSSR count). The lowest BCUT2D eigenvalue weighted by atomic mass is 9.96. The maximum atomic E-state index is 12.5. The second kappa shape index (κ2) is 7.40. The van der Waals surface area contributed by atoms with E-state index >= 15 is 0 Å². The summed E-state index contributed by atoms with van der Waals surface area (Å²) in [4.78, 5) is 31.2. The van der Waals surface area contributed by atoms with Crippen LogP contribution in [0.4, 0.5) is 0 Å². The number of aryl methyl sites for hydroxylation is 1. The smallest absolute Gasteiger partial charge is 0.330 e. The zero-order valence-corrected chi connectivity index (χ0v) is 16.7. The molecule has 0 amide bonds. The summed E-state index contributed by atoms with van der Waals surface area (Å²) in [7, 11) is 3.16. The molecule has 27 heavy (non-hydrogen) atoms. The minimum absolute atomic E-state index is 0.185. The summed E-state index contributed by atoms with van der Waals surface area (Å²) >= 11 is 0. The van der Waals surface area contributed by atoms with Crippen molar-refractivity contribution in [3.05, 3.63) is 44.3 Å². The van der Waals surface area contributed by atoms with Crippen LogP contribution in [0.1, 0.15) is 44.5 Å². The first-order chi connectivity index (χ1) is 12.7. The summed E-state index contributed by atoms with van der Waals surface area (Å²) in [6.45, 7) is 8.76. The molecule has 1 N–H and O–H groups in total. The van der Waals surface area contributed by atoms with E-state index in [1.807, 2.05) is 20.8 Å². The summed E-state index contributed by atoms with van der Waals surface area (Å²) in [5, 5.41) is 7.45. The summed E-state index contributed by atoms with van der Waals surface area (Å²) in [5.74, 6) is 1.20. The van der Waals surface area contributed by atoms with E-state index < -0.39 is 0 Å². The van der Waals surface area contributed by atoms with Crippen molar-refractivity contribution in [1.82, 2.24) is 29.5 Å². The van der Waals surface area contributed by atoms with E-state index in [4.69, 9.17) is 4.52 Å². The van der Waals surface area contributed by atoms with Crippen molar-refractivity contribution in [2.45, 2.75) is 51.7 Å². The molecule has 0 aliphatic carbocycles. The van der Waals surface area contributed by atoms with Crippen LogP contribution in [0.3, 0.4) is 0 Å². The van der Waals surface area contributed by atoms with Crippen molar-refractivity contribution in [3.63, 3.8) is 0 Å². The molecule has 9 nitrogen and oxygen atoms in total. The summed E-state index contributed by atoms with van der Waals surface area (Å²) in [6, 6.07) is 0.261. The fourth-order valence-corrected chi connectivity index (χ4v) is 3.27. The van der Waals surface area contributed by atoms with Crippen LogP contribution < -0.4 is 16.6 Å². The van der Waals surface area contributed by atoms with Gasteiger partial charge in [-0.2, -0.15) is 4.98 Å². The van der Waals surface area contributed by atoms with Crippen LogP contribution in [0.25, 0.3) is 0 Å². The van der Waals surface area contributed by atoms with E-state index in [2.05, 4.69) is 20.4 Å². The molecule has 1 atom stereocenters. The van der Waals surface area contributed by atoms with Gasteiger partial charge in [0.1, 0.15) is 0 Å². The van der Waals surface area contributed by atoms with Crippen molar-refractivity contribution >= 4 is 0 Å². The molecule has 1 aliphatic rings. The predicted molar refractivity (Wildman–Crippen MR) is 100 cm³/mol. The highest BCUT2D eigenvalue weighted by atomic mass is 16.5. The van der Waals surface area contributed by atoms with E-state index in [1.165, 1.54) is 11.6 Å². The van der Waals surface area contributed by atoms with Gasteiger partial charge in [0.05, 0.1) is 6.54 Å². The first-order valence-electron chi connectivity index (χ1n) is 9.20. The Balaban J connectivity index is 1.88. The predicted octanol–water partition coefficient (Wildman–Crippen LogP) is 0.129. The quantitative estimate of drug-likeness (QED) is 0.792. The first-order valence-corrected chi connectivity index (χ1v) is 9.20. The topological polar surface area (TPSA) is 98.2 Å². The molecule has 1 aliphatic heterocycles. The number of hydrogen-bond acceptors (Lipinski definition) is 7. The maximum Gasteiger partial charge on any atom is 0.330 e. The van der Waals surface area contributed by atoms with Gasteiger partial charge in [0.25, 0.3) is 5.56 Å². The molecule has 3 heterocycles. The molecule has 148 valence electrons. The van der Waals surface area contributed by atoms with Gasteiger partial charge in [-0.05, 0) is 13.0 Å². The Morgan fingerprint density at radius 2 is 2.04 bits per heavy atom. The van der Waals surface area contributed by atoms with E-state index in [0.717, 1.165) is 24.1 Å². The molecule has 0 spiro atoms. The Labute approximate surface area is 158 Å². The molecular formula is C18H28N6O3. The second-order valence-corrected chi connectivity index (χ2v) is 8.23. The highest BCUT2D eigenvalue weighted by Crippen LogP contribution is 2.20. The third-order valence-corrected chi connectivity index (χ3v) is 4.92. The average molecular weight is 376 g/mol. The molecular weight excluding hydrogens is 348 g/mol. The third-order valence-electron chi connectivity index (χ3n) is 4.92. The van der Waals surface area contributed by atoms with E-state index in [0.29, 0.717) is 30.4 Å². The molecule has 2 aromatic rings. The fraction of sp³-hybridized carbons (Fsp3) is 0.667. The summed E-state index contributed by atoms with van der Waals surface area (Å²) < 4.78 is 8.03. The van der Waals surface area contributed by atoms with Gasteiger partial charge in [-0.3, -0.25) is 14.3 Å². The van der Waals surface area contributed by atoms with Gasteiger partial charge < -0.3 is 14.4 Å². The highest BCUT2D eigenvalue weighted by molar-refractivity contribution is 5.07. The van der Waals surface area contributed by atoms with Crippen LogP contribution in [0.5, 0.6) is 0 Å². The van der Waals surface area contributed by atoms with Gasteiger partial charge in [-0.15, -0.1) is 0 Å². The van der Waals surface area contributed by atoms with Crippen LogP contribution in [-0.4, -0.2) is 43.3 Å². The number of hydrogen-bond donors (Lipinski definition) is 1. The van der Waals surface area contributed by atoms with E-state index in [9.17, 15) is 9.59 Å². The molecule has 0 bridgehead atoms. The molecule has 0 unspecified atom stereocenters. The van der Waals surface area contributed by atoms with Gasteiger partial charge in [0.2, 0.25) is 5.89 Å². The molecule has 1 fully saturated rings. The van der Waals surface area contributed by atoms with Crippen LogP contribution in [0, 0.1) is 0 Å². The first kappa shape index (κ1) is 19.5. The van der Waals surface area contributed by atoms with Gasteiger partial charge in [-0.1, -0.05) is 25.9 Å². The Bertz CT molecular complexity index is 914. The second-order valence-electron chi connectivity index (χ2n) is 8.23. The van der Waals surface area contributed by atoms with Crippen molar-refractivity contribution in [3.8, 4) is 0 Å². The van der Waals surface area contributed by atoms with Crippen LogP contribution >= 0.6 is 0 Å². The number of nitrogens with zero attached hydrogens (tertiary/aromatic N) is 5. The standard InChI is InChI=1S/C18H28N6O3/c1-18(2,3)16-20-14(27-21-16)11-24(13-6-7-19-8-13)10-12-9-22(4)17(26)23(5)15(12)25/h9,13,19H,6-8,10-11H2,1-5H3/t13-/m1/s1. The Morgan fingerprint density at radius 3 is 2.63 bits per heavy atom. The number of rotatable bonds is 5. The lowest BCUT2D eigenvalue weighted by molar-refractivity contribution is 0.164. The van der Waals surface area contributed by atoms with Crippen molar-refractivity contribution in [2.24, 2.45) is 14.1 Å². The number of aromatic nitrogens is 4. The highest BCUT2D eigenvalue weighted by Gasteiger charge is 2.27. The SMILES string of the molecule is Cn1cc(CN(Cc2nc(C(C)(C)C)no2)[C@@H]2CCNC2)c(=O)n(C)c1=O. The van der Waals surface area contributed by atoms with Crippen LogP contribution in [0.2, 0.25) is 0 Å². The lowest BCUT2D eigenvalue weighted by Gasteiger charge is -2.26. The average Bonchev–Trinajstić information content (AvgIpc) is 3.28. The van der Waals surface area contributed by atoms with Gasteiger partial charge in [-0.25, -0.2) is 4.79 Å². The maximum absolute atomic E-state index is 12.5. The minimum atomic E-state index is -0.329. The summed E-state index contributed by atoms with van der Waals surface area (Å²) in [5.41, 5.74) is -0.212. The molecule has 9 heteroatoms. The molecule has 0 aromatic carbocycles. The molecule has 0 saturated carbocycles. The molecule has 1 saturated heterocycles. The fourth-order valence-electron chi connectivity index (χ4n) is 3.27. The molecule has 0 radical (unpaired) electrons. The Hall–Kier alpha value is -2.26. The van der Waals surface area contributed by atoms with Crippen LogP contribution in [0.15, 0.2) is 20.3 Å². The monoisotopic (exact) mass is 376 g/mol. The molecule has 2 aromatic heterocycles. The minimum Gasteiger partial charge on any atom is -0.338 e. The zero-order chi connectivity index (χ0) is 19.8.